The summed E-state index contributed by atoms with van der Waals surface area (Å²) in [6, 6.07) is 1.54. The quantitative estimate of drug-likeness (QED) is 0.587. The van der Waals surface area contributed by atoms with E-state index < -0.39 is 0 Å². The fourth-order valence-corrected chi connectivity index (χ4v) is 1.85. The van der Waals surface area contributed by atoms with Gasteiger partial charge in [0.05, 0.1) is 0 Å². The van der Waals surface area contributed by atoms with Crippen molar-refractivity contribution in [2.45, 2.75) is 60.0 Å². The van der Waals surface area contributed by atoms with Gasteiger partial charge in [-0.05, 0) is 39.7 Å². The Kier molecular flexibility index (Phi) is 5.56. The molecule has 0 saturated carbocycles. The van der Waals surface area contributed by atoms with E-state index in [1.54, 1.807) is 0 Å². The van der Waals surface area contributed by atoms with Gasteiger partial charge in [0.15, 0.2) is 0 Å². The van der Waals surface area contributed by atoms with Crippen molar-refractivity contribution in [1.29, 1.82) is 0 Å². The zero-order chi connectivity index (χ0) is 9.72. The molecule has 0 bridgehead atoms. The highest BCUT2D eigenvalue weighted by Gasteiger charge is 2.28. The van der Waals surface area contributed by atoms with E-state index in [0.29, 0.717) is 0 Å². The van der Waals surface area contributed by atoms with E-state index in [2.05, 4.69) is 32.6 Å². The Labute approximate surface area is 79.6 Å². The van der Waals surface area contributed by atoms with Crippen LogP contribution in [0.1, 0.15) is 49.4 Å². The Morgan fingerprint density at radius 1 is 1.25 bits per heavy atom. The van der Waals surface area contributed by atoms with Gasteiger partial charge in [0.1, 0.15) is 0 Å². The monoisotopic (exact) mass is 173 g/mol. The van der Waals surface area contributed by atoms with Gasteiger partial charge < -0.3 is 0 Å². The van der Waals surface area contributed by atoms with Crippen molar-refractivity contribution in [3.8, 4) is 0 Å². The fourth-order valence-electron chi connectivity index (χ4n) is 1.85. The lowest BCUT2D eigenvalue weighted by Gasteiger charge is -2.26. The minimum Gasteiger partial charge on any atom is -0.298 e. The Morgan fingerprint density at radius 2 is 1.75 bits per heavy atom. The lowest BCUT2D eigenvalue weighted by atomic mass is 10.1. The molecule has 0 N–H and O–H groups in total. The highest BCUT2D eigenvalue weighted by Crippen LogP contribution is 2.24. The second-order valence-corrected chi connectivity index (χ2v) is 3.84. The maximum absolute atomic E-state index is 2.59. The first-order valence-corrected chi connectivity index (χ1v) is 5.38. The van der Waals surface area contributed by atoms with Gasteiger partial charge in [0.25, 0.3) is 0 Å². The number of hydrogen-bond donors (Lipinski definition) is 0. The van der Waals surface area contributed by atoms with Crippen molar-refractivity contribution in [1.82, 2.24) is 4.90 Å². The van der Waals surface area contributed by atoms with E-state index in [4.69, 9.17) is 0 Å². The smallest absolute Gasteiger partial charge is 0.00957 e. The minimum atomic E-state index is 0. The fraction of sp³-hybridized carbons (Fsp3) is 1.00. The summed E-state index contributed by atoms with van der Waals surface area (Å²) in [5, 5.41) is 0. The maximum atomic E-state index is 2.59. The molecule has 1 heteroatoms. The normalized spacial score (nSPS) is 30.2. The molecule has 1 aliphatic rings. The molecule has 1 saturated heterocycles. The van der Waals surface area contributed by atoms with Gasteiger partial charge in [0.2, 0.25) is 0 Å². The largest absolute Gasteiger partial charge is 0.298 e. The zero-order valence-electron chi connectivity index (χ0n) is 9.59. The number of hydrogen-bond acceptors (Lipinski definition) is 1. The third-order valence-corrected chi connectivity index (χ3v) is 2.85. The zero-order valence-corrected chi connectivity index (χ0v) is 9.59. The first kappa shape index (κ1) is 12.0. The molecule has 0 aromatic rings. The molecule has 2 unspecified atom stereocenters. The molecule has 0 spiro atoms. The molecule has 0 aromatic heterocycles. The van der Waals surface area contributed by atoms with Gasteiger partial charge in [-0.1, -0.05) is 20.8 Å². The van der Waals surface area contributed by atoms with Crippen LogP contribution in [0.5, 0.6) is 0 Å². The summed E-state index contributed by atoms with van der Waals surface area (Å²) in [6.07, 6.45) is 1.39. The molecule has 0 aromatic carbocycles. The Bertz CT molecular complexity index is 115. The molecule has 0 aliphatic carbocycles. The van der Waals surface area contributed by atoms with Gasteiger partial charge in [-0.3, -0.25) is 4.90 Å². The summed E-state index contributed by atoms with van der Waals surface area (Å²) in [7, 11) is 0. The van der Waals surface area contributed by atoms with Crippen molar-refractivity contribution in [3.05, 3.63) is 0 Å². The number of nitrogens with zero attached hydrogens (tertiary/aromatic N) is 1. The van der Waals surface area contributed by atoms with Crippen LogP contribution in [0.3, 0.4) is 0 Å². The summed E-state index contributed by atoms with van der Waals surface area (Å²) in [6.45, 7) is 14.6. The molecule has 1 heterocycles. The third kappa shape index (κ3) is 2.78. The first-order valence-electron chi connectivity index (χ1n) is 5.38. The summed E-state index contributed by atoms with van der Waals surface area (Å²) >= 11 is 0. The average molecular weight is 173 g/mol. The van der Waals surface area contributed by atoms with Crippen molar-refractivity contribution in [2.24, 2.45) is 5.92 Å². The van der Waals surface area contributed by atoms with Gasteiger partial charge in [-0.2, -0.15) is 0 Å². The summed E-state index contributed by atoms with van der Waals surface area (Å²) in [5.41, 5.74) is 0. The minimum absolute atomic E-state index is 0. The van der Waals surface area contributed by atoms with Crippen LogP contribution in [-0.2, 0) is 0 Å². The maximum Gasteiger partial charge on any atom is 0.00957 e. The van der Waals surface area contributed by atoms with E-state index in [1.165, 1.54) is 13.0 Å². The second kappa shape index (κ2) is 5.58. The number of likely N-dealkylation sites (tertiary alicyclic amines) is 1. The van der Waals surface area contributed by atoms with Crippen LogP contribution in [0, 0.1) is 5.92 Å². The number of rotatable bonds is 1. The average Bonchev–Trinajstić information content (AvgIpc) is 2.37. The van der Waals surface area contributed by atoms with Crippen molar-refractivity contribution in [2.75, 3.05) is 6.54 Å². The third-order valence-electron chi connectivity index (χ3n) is 2.85. The molecule has 76 valence electrons. The van der Waals surface area contributed by atoms with E-state index >= 15 is 0 Å². The van der Waals surface area contributed by atoms with Crippen molar-refractivity contribution < 1.29 is 1.43 Å². The molecular weight excluding hydrogens is 146 g/mol. The Balaban J connectivity index is 0. The molecule has 1 fully saturated rings. The molecule has 0 radical (unpaired) electrons. The van der Waals surface area contributed by atoms with Crippen LogP contribution in [0.25, 0.3) is 0 Å². The molecule has 12 heavy (non-hydrogen) atoms. The molecule has 1 nitrogen and oxygen atoms in total. The van der Waals surface area contributed by atoms with E-state index in [0.717, 1.165) is 18.0 Å². The van der Waals surface area contributed by atoms with Gasteiger partial charge in [-0.15, -0.1) is 0 Å². The van der Waals surface area contributed by atoms with E-state index in [-0.39, 0.29) is 1.43 Å². The molecule has 2 atom stereocenters. The molecular formula is C11H27N. The lowest BCUT2D eigenvalue weighted by molar-refractivity contribution is 0.199. The SMILES string of the molecule is CC.CC1CCN(C(C)C)C1C.[HH]. The van der Waals surface area contributed by atoms with E-state index in [1.807, 2.05) is 13.8 Å². The van der Waals surface area contributed by atoms with Crippen LogP contribution in [0.2, 0.25) is 0 Å². The predicted octanol–water partition coefficient (Wildman–Crippen LogP) is 3.40. The molecule has 0 amide bonds. The van der Waals surface area contributed by atoms with Crippen LogP contribution in [-0.4, -0.2) is 23.5 Å². The van der Waals surface area contributed by atoms with Crippen molar-refractivity contribution >= 4 is 0 Å². The van der Waals surface area contributed by atoms with Crippen LogP contribution < -0.4 is 0 Å². The molecule has 1 rings (SSSR count). The van der Waals surface area contributed by atoms with Crippen LogP contribution >= 0.6 is 0 Å². The van der Waals surface area contributed by atoms with E-state index in [9.17, 15) is 0 Å². The standard InChI is InChI=1S/C9H19N.C2H6.H2/c1-7(2)10-6-5-8(3)9(10)4;1-2;/h7-9H,5-6H2,1-4H3;1-2H3;1H. The van der Waals surface area contributed by atoms with Crippen LogP contribution in [0.15, 0.2) is 0 Å². The second-order valence-electron chi connectivity index (χ2n) is 3.84. The Hall–Kier alpha value is -0.0400. The van der Waals surface area contributed by atoms with Crippen LogP contribution in [0.4, 0.5) is 0 Å². The molecule has 1 aliphatic heterocycles. The summed E-state index contributed by atoms with van der Waals surface area (Å²) in [4.78, 5) is 2.59. The lowest BCUT2D eigenvalue weighted by Crippen LogP contribution is -2.35. The van der Waals surface area contributed by atoms with Gasteiger partial charge >= 0.3 is 0 Å². The highest BCUT2D eigenvalue weighted by molar-refractivity contribution is 4.82. The summed E-state index contributed by atoms with van der Waals surface area (Å²) in [5.74, 6) is 0.905. The van der Waals surface area contributed by atoms with Gasteiger partial charge in [-0.25, -0.2) is 0 Å². The Morgan fingerprint density at radius 3 is 1.92 bits per heavy atom. The highest BCUT2D eigenvalue weighted by atomic mass is 15.2. The predicted molar refractivity (Wildman–Crippen MR) is 58.5 cm³/mol. The first-order chi connectivity index (χ1) is 5.63. The topological polar surface area (TPSA) is 3.24 Å². The van der Waals surface area contributed by atoms with Crippen molar-refractivity contribution in [3.63, 3.8) is 0 Å². The summed E-state index contributed by atoms with van der Waals surface area (Å²) < 4.78 is 0. The van der Waals surface area contributed by atoms with Gasteiger partial charge in [0, 0.05) is 13.5 Å².